The van der Waals surface area contributed by atoms with Crippen LogP contribution in [0.15, 0.2) is 24.5 Å². The molecule has 7 aliphatic rings. The second kappa shape index (κ2) is 10.7. The number of carbonyl (C=O) groups excluding carboxylic acids is 1. The van der Waals surface area contributed by atoms with Gasteiger partial charge in [0.25, 0.3) is 5.91 Å². The number of morpholine rings is 1. The molecule has 0 bridgehead atoms. The highest BCUT2D eigenvalue weighted by atomic mass is 16.7. The SMILES string of the molecule is CC12CCC34CC35CC[C@H](OC3CN(C(=O)c6cccnc6)CCO3)C(C)(C)C5CCC4C1CC1OC([C@H](O)C(C)(C)O)CCC12.[HH]. The second-order valence-electron chi connectivity index (χ2n) is 17.8. The molecule has 12 atom stereocenters. The van der Waals surface area contributed by atoms with E-state index < -0.39 is 18.0 Å². The van der Waals surface area contributed by atoms with Gasteiger partial charge in [0, 0.05) is 20.4 Å². The zero-order valence-corrected chi connectivity index (χ0v) is 28.6. The third-order valence-corrected chi connectivity index (χ3v) is 15.2. The summed E-state index contributed by atoms with van der Waals surface area (Å²) in [7, 11) is 0. The van der Waals surface area contributed by atoms with Gasteiger partial charge in [0.2, 0.25) is 0 Å². The highest BCUT2D eigenvalue weighted by Gasteiger charge is 2.80. The smallest absolute Gasteiger partial charge is 0.255 e. The maximum Gasteiger partial charge on any atom is 0.255 e. The van der Waals surface area contributed by atoms with Crippen LogP contribution in [0.2, 0.25) is 0 Å². The number of pyridine rings is 1. The van der Waals surface area contributed by atoms with Crippen molar-refractivity contribution in [1.29, 1.82) is 0 Å². The number of amides is 1. The zero-order chi connectivity index (χ0) is 32.3. The fourth-order valence-corrected chi connectivity index (χ4v) is 12.9. The van der Waals surface area contributed by atoms with E-state index in [0.29, 0.717) is 59.3 Å². The molecule has 2 N–H and O–H groups in total. The van der Waals surface area contributed by atoms with Crippen molar-refractivity contribution in [2.24, 2.45) is 45.3 Å². The molecule has 7 fully saturated rings. The van der Waals surface area contributed by atoms with Crippen molar-refractivity contribution in [3.63, 3.8) is 0 Å². The summed E-state index contributed by atoms with van der Waals surface area (Å²) in [6, 6.07) is 3.63. The van der Waals surface area contributed by atoms with Crippen LogP contribution in [-0.4, -0.2) is 82.0 Å². The van der Waals surface area contributed by atoms with Gasteiger partial charge in [-0.1, -0.05) is 20.8 Å². The minimum atomic E-state index is -1.15. The molecular formula is C38H58N2O6. The summed E-state index contributed by atoms with van der Waals surface area (Å²) in [5.74, 6) is 2.65. The summed E-state index contributed by atoms with van der Waals surface area (Å²) in [6.45, 7) is 12.4. The first kappa shape index (κ1) is 31.7. The van der Waals surface area contributed by atoms with Gasteiger partial charge >= 0.3 is 0 Å². The summed E-state index contributed by atoms with van der Waals surface area (Å²) < 4.78 is 19.6. The third-order valence-electron chi connectivity index (χ3n) is 15.2. The van der Waals surface area contributed by atoms with E-state index in [1.807, 2.05) is 17.0 Å². The quantitative estimate of drug-likeness (QED) is 0.417. The Labute approximate surface area is 276 Å². The van der Waals surface area contributed by atoms with Crippen molar-refractivity contribution in [2.75, 3.05) is 19.7 Å². The number of aliphatic hydroxyl groups is 2. The molecule has 1 amide bonds. The summed E-state index contributed by atoms with van der Waals surface area (Å²) in [4.78, 5) is 19.1. The number of fused-ring (bicyclic) bond motifs is 4. The number of hydrogen-bond donors (Lipinski definition) is 2. The highest BCUT2D eigenvalue weighted by molar-refractivity contribution is 5.93. The van der Waals surface area contributed by atoms with E-state index in [0.717, 1.165) is 31.6 Å². The van der Waals surface area contributed by atoms with Gasteiger partial charge in [-0.25, -0.2) is 0 Å². The van der Waals surface area contributed by atoms with E-state index in [9.17, 15) is 15.0 Å². The molecule has 3 heterocycles. The summed E-state index contributed by atoms with van der Waals surface area (Å²) >= 11 is 0. The van der Waals surface area contributed by atoms with Crippen LogP contribution in [-0.2, 0) is 14.2 Å². The molecule has 2 saturated heterocycles. The van der Waals surface area contributed by atoms with Crippen molar-refractivity contribution in [3.8, 4) is 0 Å². The Morgan fingerprint density at radius 3 is 2.65 bits per heavy atom. The molecule has 10 unspecified atom stereocenters. The fourth-order valence-electron chi connectivity index (χ4n) is 12.9. The summed E-state index contributed by atoms with van der Waals surface area (Å²) in [5.41, 5.74) is 0.697. The van der Waals surface area contributed by atoms with Gasteiger partial charge in [0.1, 0.15) is 6.10 Å². The Bertz CT molecular complexity index is 1340. The van der Waals surface area contributed by atoms with Crippen LogP contribution in [0.1, 0.15) is 111 Å². The van der Waals surface area contributed by atoms with Gasteiger partial charge in [0.15, 0.2) is 6.29 Å². The van der Waals surface area contributed by atoms with Crippen LogP contribution in [0, 0.1) is 45.3 Å². The molecule has 8 heteroatoms. The molecule has 8 nitrogen and oxygen atoms in total. The first-order valence-corrected chi connectivity index (χ1v) is 18.3. The van der Waals surface area contributed by atoms with Crippen LogP contribution in [0.3, 0.4) is 0 Å². The zero-order valence-electron chi connectivity index (χ0n) is 28.6. The first-order valence-electron chi connectivity index (χ1n) is 18.3. The number of carbonyl (C=O) groups is 1. The number of aliphatic hydroxyl groups excluding tert-OH is 1. The predicted octanol–water partition coefficient (Wildman–Crippen LogP) is 5.85. The van der Waals surface area contributed by atoms with Crippen molar-refractivity contribution in [1.82, 2.24) is 9.88 Å². The first-order chi connectivity index (χ1) is 21.8. The molecule has 2 aliphatic heterocycles. The average molecular weight is 639 g/mol. The summed E-state index contributed by atoms with van der Waals surface area (Å²) in [6.07, 6.45) is 14.1. The Morgan fingerprint density at radius 1 is 1.09 bits per heavy atom. The van der Waals surface area contributed by atoms with Gasteiger partial charge in [-0.2, -0.15) is 0 Å². The molecule has 2 spiro atoms. The lowest BCUT2D eigenvalue weighted by Crippen LogP contribution is -2.56. The lowest BCUT2D eigenvalue weighted by Gasteiger charge is -2.60. The predicted molar refractivity (Wildman–Crippen MR) is 175 cm³/mol. The second-order valence-corrected chi connectivity index (χ2v) is 17.8. The molecular weight excluding hydrogens is 580 g/mol. The van der Waals surface area contributed by atoms with Crippen LogP contribution in [0.25, 0.3) is 0 Å². The van der Waals surface area contributed by atoms with Crippen LogP contribution >= 0.6 is 0 Å². The van der Waals surface area contributed by atoms with E-state index in [2.05, 4.69) is 25.8 Å². The van der Waals surface area contributed by atoms with E-state index >= 15 is 0 Å². The van der Waals surface area contributed by atoms with E-state index in [4.69, 9.17) is 14.2 Å². The van der Waals surface area contributed by atoms with E-state index in [1.165, 1.54) is 38.5 Å². The third kappa shape index (κ3) is 4.55. The van der Waals surface area contributed by atoms with Crippen molar-refractivity contribution < 1.29 is 30.6 Å². The van der Waals surface area contributed by atoms with Crippen LogP contribution < -0.4 is 0 Å². The minimum Gasteiger partial charge on any atom is -0.388 e. The molecule has 46 heavy (non-hydrogen) atoms. The Balaban J connectivity index is 0.00000351. The van der Waals surface area contributed by atoms with Crippen LogP contribution in [0.5, 0.6) is 0 Å². The van der Waals surface area contributed by atoms with Gasteiger partial charge in [-0.05, 0) is 136 Å². The molecule has 0 radical (unpaired) electrons. The lowest BCUT2D eigenvalue weighted by molar-refractivity contribution is -0.241. The van der Waals surface area contributed by atoms with Gasteiger partial charge < -0.3 is 29.3 Å². The number of aromatic nitrogens is 1. The van der Waals surface area contributed by atoms with Gasteiger partial charge in [-0.3, -0.25) is 9.78 Å². The molecule has 1 aromatic heterocycles. The molecule has 1 aromatic rings. The van der Waals surface area contributed by atoms with Gasteiger partial charge in [0.05, 0.1) is 42.6 Å². The van der Waals surface area contributed by atoms with Crippen LogP contribution in [0.4, 0.5) is 0 Å². The maximum atomic E-state index is 13.1. The monoisotopic (exact) mass is 638 g/mol. The highest BCUT2D eigenvalue weighted by Crippen LogP contribution is 2.87. The standard InChI is InChI=1S/C38H56N2O6.H2/c1-34(2)29-11-9-24-26-19-28-25(8-10-27(45-28)32(41)35(3,4)43)36(26,5)14-15-37(24)22-38(29,37)13-12-30(34)46-31-21-40(17-18-44-31)33(42)23-7-6-16-39-20-23;/h6-7,16,20,24-32,41,43H,8-15,17-19,21-22H2,1-5H3;1H/t24?,25?,26?,27?,28?,29?,30-,31?,32-,36?,37?,38?;/m0./s1. The van der Waals surface area contributed by atoms with E-state index in [1.54, 1.807) is 26.2 Å². The van der Waals surface area contributed by atoms with Crippen molar-refractivity contribution in [2.45, 2.75) is 135 Å². The Morgan fingerprint density at radius 2 is 1.89 bits per heavy atom. The molecule has 0 aromatic carbocycles. The Kier molecular flexibility index (Phi) is 7.37. The van der Waals surface area contributed by atoms with E-state index in [-0.39, 0.29) is 31.1 Å². The number of ether oxygens (including phenoxy) is 3. The van der Waals surface area contributed by atoms with Crippen molar-refractivity contribution in [3.05, 3.63) is 30.1 Å². The minimum absolute atomic E-state index is 0. The van der Waals surface area contributed by atoms with Gasteiger partial charge in [-0.15, -0.1) is 0 Å². The summed E-state index contributed by atoms with van der Waals surface area (Å²) in [5, 5.41) is 21.4. The maximum absolute atomic E-state index is 13.1. The topological polar surface area (TPSA) is 101 Å². The Hall–Kier alpha value is -1.58. The average Bonchev–Trinajstić information content (AvgIpc) is 3.61. The lowest BCUT2D eigenvalue weighted by atomic mass is 9.46. The number of rotatable bonds is 5. The molecule has 5 aliphatic carbocycles. The molecule has 256 valence electrons. The molecule has 5 saturated carbocycles. The fraction of sp³-hybridized carbons (Fsp3) is 0.842. The largest absolute Gasteiger partial charge is 0.388 e. The number of nitrogens with zero attached hydrogens (tertiary/aromatic N) is 2. The van der Waals surface area contributed by atoms with Crippen molar-refractivity contribution >= 4 is 5.91 Å². The molecule has 8 rings (SSSR count). The number of hydrogen-bond acceptors (Lipinski definition) is 7. The normalized spacial score (nSPS) is 46.6.